The van der Waals surface area contributed by atoms with Crippen molar-refractivity contribution in [2.45, 2.75) is 37.6 Å². The minimum absolute atomic E-state index is 0.100. The molecule has 120 valence electrons. The molecule has 2 N–H and O–H groups in total. The van der Waals surface area contributed by atoms with Crippen LogP contribution in [-0.2, 0) is 16.0 Å². The molecule has 1 aliphatic heterocycles. The van der Waals surface area contributed by atoms with Gasteiger partial charge in [-0.1, -0.05) is 12.8 Å². The molecule has 1 aliphatic carbocycles. The normalized spacial score (nSPS) is 25.0. The van der Waals surface area contributed by atoms with E-state index in [1.807, 2.05) is 11.0 Å². The van der Waals surface area contributed by atoms with Crippen LogP contribution in [-0.4, -0.2) is 52.6 Å². The largest absolute Gasteiger partial charge is 0.379 e. The van der Waals surface area contributed by atoms with Gasteiger partial charge in [0.1, 0.15) is 6.33 Å². The van der Waals surface area contributed by atoms with Gasteiger partial charge in [0, 0.05) is 30.9 Å². The molecule has 1 amide bonds. The van der Waals surface area contributed by atoms with E-state index in [1.165, 1.54) is 0 Å². The number of hydrogen-bond acceptors (Lipinski definition) is 5. The fraction of sp³-hybridized carbons (Fsp3) is 0.688. The van der Waals surface area contributed by atoms with Gasteiger partial charge < -0.3 is 15.4 Å². The molecule has 0 aromatic carbocycles. The molecular formula is C16H24N4O2. The number of aromatic nitrogens is 2. The molecule has 2 aliphatic rings. The number of carbonyl (C=O) groups excluding carboxylic acids is 1. The first-order valence-electron chi connectivity index (χ1n) is 8.08. The molecule has 6 nitrogen and oxygen atoms in total. The van der Waals surface area contributed by atoms with Gasteiger partial charge >= 0.3 is 0 Å². The molecule has 0 spiro atoms. The Balaban J connectivity index is 1.66. The van der Waals surface area contributed by atoms with E-state index in [-0.39, 0.29) is 11.8 Å². The SMILES string of the molecule is NC1(C(=O)N2CCOC[C@H](Cc3ccncn3)C2)CCCC1. The van der Waals surface area contributed by atoms with E-state index in [4.69, 9.17) is 10.5 Å². The maximum absolute atomic E-state index is 12.8. The van der Waals surface area contributed by atoms with Crippen LogP contribution in [0.25, 0.3) is 0 Å². The Bertz CT molecular complexity index is 502. The minimum Gasteiger partial charge on any atom is -0.379 e. The molecule has 1 saturated carbocycles. The number of nitrogens with zero attached hydrogens (tertiary/aromatic N) is 3. The maximum Gasteiger partial charge on any atom is 0.242 e. The van der Waals surface area contributed by atoms with Crippen LogP contribution in [0.15, 0.2) is 18.6 Å². The first-order chi connectivity index (χ1) is 10.7. The molecular weight excluding hydrogens is 280 g/mol. The van der Waals surface area contributed by atoms with E-state index < -0.39 is 5.54 Å². The van der Waals surface area contributed by atoms with E-state index in [0.717, 1.165) is 37.8 Å². The summed E-state index contributed by atoms with van der Waals surface area (Å²) in [5, 5.41) is 0. The summed E-state index contributed by atoms with van der Waals surface area (Å²) in [5.41, 5.74) is 6.67. The third-order valence-corrected chi connectivity index (χ3v) is 4.69. The van der Waals surface area contributed by atoms with Gasteiger partial charge in [0.25, 0.3) is 0 Å². The fourth-order valence-electron chi connectivity index (χ4n) is 3.46. The zero-order valence-corrected chi connectivity index (χ0v) is 12.9. The lowest BCUT2D eigenvalue weighted by atomic mass is 9.96. The molecule has 1 aromatic rings. The Morgan fingerprint density at radius 3 is 3.00 bits per heavy atom. The Labute approximate surface area is 131 Å². The monoisotopic (exact) mass is 304 g/mol. The van der Waals surface area contributed by atoms with E-state index in [0.29, 0.717) is 26.3 Å². The Morgan fingerprint density at radius 1 is 1.45 bits per heavy atom. The fourth-order valence-corrected chi connectivity index (χ4v) is 3.46. The van der Waals surface area contributed by atoms with Crippen LogP contribution < -0.4 is 5.73 Å². The molecule has 0 radical (unpaired) electrons. The molecule has 6 heteroatoms. The highest BCUT2D eigenvalue weighted by Gasteiger charge is 2.40. The van der Waals surface area contributed by atoms with E-state index in [9.17, 15) is 4.79 Å². The lowest BCUT2D eigenvalue weighted by Crippen LogP contribution is -2.54. The summed E-state index contributed by atoms with van der Waals surface area (Å²) in [6, 6.07) is 1.92. The lowest BCUT2D eigenvalue weighted by molar-refractivity contribution is -0.137. The van der Waals surface area contributed by atoms with Crippen LogP contribution in [0.1, 0.15) is 31.4 Å². The summed E-state index contributed by atoms with van der Waals surface area (Å²) in [7, 11) is 0. The van der Waals surface area contributed by atoms with Crippen molar-refractivity contribution in [3.05, 3.63) is 24.3 Å². The Kier molecular flexibility index (Phi) is 4.69. The number of carbonyl (C=O) groups is 1. The van der Waals surface area contributed by atoms with Gasteiger partial charge in [-0.15, -0.1) is 0 Å². The average molecular weight is 304 g/mol. The quantitative estimate of drug-likeness (QED) is 0.892. The third kappa shape index (κ3) is 3.44. The molecule has 0 unspecified atom stereocenters. The van der Waals surface area contributed by atoms with Crippen molar-refractivity contribution < 1.29 is 9.53 Å². The second-order valence-electron chi connectivity index (χ2n) is 6.46. The number of hydrogen-bond donors (Lipinski definition) is 1. The molecule has 1 saturated heterocycles. The molecule has 0 bridgehead atoms. The van der Waals surface area contributed by atoms with E-state index in [1.54, 1.807) is 12.5 Å². The highest BCUT2D eigenvalue weighted by Crippen LogP contribution is 2.29. The highest BCUT2D eigenvalue weighted by atomic mass is 16.5. The molecule has 3 rings (SSSR count). The molecule has 22 heavy (non-hydrogen) atoms. The van der Waals surface area contributed by atoms with Gasteiger partial charge in [-0.2, -0.15) is 0 Å². The Morgan fingerprint density at radius 2 is 2.27 bits per heavy atom. The van der Waals surface area contributed by atoms with Crippen LogP contribution in [0, 0.1) is 5.92 Å². The smallest absolute Gasteiger partial charge is 0.242 e. The van der Waals surface area contributed by atoms with Crippen LogP contribution in [0.5, 0.6) is 0 Å². The summed E-state index contributed by atoms with van der Waals surface area (Å²) in [6.07, 6.45) is 7.82. The van der Waals surface area contributed by atoms with Crippen LogP contribution in [0.4, 0.5) is 0 Å². The standard InChI is InChI=1S/C16H24N4O2/c17-16(4-1-2-5-16)15(21)20-7-8-22-11-13(10-20)9-14-3-6-18-12-19-14/h3,6,12-13H,1-2,4-5,7-11,17H2/t13-/m1/s1. The molecule has 2 fully saturated rings. The van der Waals surface area contributed by atoms with Gasteiger partial charge in [-0.05, 0) is 25.3 Å². The van der Waals surface area contributed by atoms with Crippen molar-refractivity contribution in [1.29, 1.82) is 0 Å². The summed E-state index contributed by atoms with van der Waals surface area (Å²) >= 11 is 0. The van der Waals surface area contributed by atoms with Crippen molar-refractivity contribution in [2.24, 2.45) is 11.7 Å². The maximum atomic E-state index is 12.8. The van der Waals surface area contributed by atoms with Crippen LogP contribution in [0.2, 0.25) is 0 Å². The van der Waals surface area contributed by atoms with Crippen molar-refractivity contribution in [3.8, 4) is 0 Å². The Hall–Kier alpha value is -1.53. The summed E-state index contributed by atoms with van der Waals surface area (Å²) in [5.74, 6) is 0.356. The minimum atomic E-state index is -0.649. The van der Waals surface area contributed by atoms with Crippen molar-refractivity contribution in [2.75, 3.05) is 26.3 Å². The van der Waals surface area contributed by atoms with Gasteiger partial charge in [-0.25, -0.2) is 9.97 Å². The summed E-state index contributed by atoms with van der Waals surface area (Å²) < 4.78 is 5.68. The first kappa shape index (κ1) is 15.4. The van der Waals surface area contributed by atoms with E-state index in [2.05, 4.69) is 9.97 Å². The molecule has 1 atom stereocenters. The van der Waals surface area contributed by atoms with E-state index >= 15 is 0 Å². The summed E-state index contributed by atoms with van der Waals surface area (Å²) in [6.45, 7) is 2.58. The van der Waals surface area contributed by atoms with Gasteiger partial charge in [0.05, 0.1) is 18.8 Å². The third-order valence-electron chi connectivity index (χ3n) is 4.69. The lowest BCUT2D eigenvalue weighted by Gasteiger charge is -2.31. The number of ether oxygens (including phenoxy) is 1. The number of nitrogens with two attached hydrogens (primary N) is 1. The molecule has 1 aromatic heterocycles. The predicted octanol–water partition coefficient (Wildman–Crippen LogP) is 0.766. The number of amides is 1. The van der Waals surface area contributed by atoms with Gasteiger partial charge in [0.15, 0.2) is 0 Å². The first-order valence-corrected chi connectivity index (χ1v) is 8.08. The molecule has 2 heterocycles. The summed E-state index contributed by atoms with van der Waals surface area (Å²) in [4.78, 5) is 22.9. The van der Waals surface area contributed by atoms with Gasteiger partial charge in [-0.3, -0.25) is 4.79 Å². The topological polar surface area (TPSA) is 81.3 Å². The van der Waals surface area contributed by atoms with Crippen molar-refractivity contribution in [3.63, 3.8) is 0 Å². The zero-order valence-electron chi connectivity index (χ0n) is 12.9. The predicted molar refractivity (Wildman–Crippen MR) is 82.0 cm³/mol. The van der Waals surface area contributed by atoms with Crippen LogP contribution in [0.3, 0.4) is 0 Å². The second-order valence-corrected chi connectivity index (χ2v) is 6.46. The zero-order chi connectivity index (χ0) is 15.4. The van der Waals surface area contributed by atoms with Crippen molar-refractivity contribution >= 4 is 5.91 Å². The average Bonchev–Trinajstić information content (AvgIpc) is 2.85. The van der Waals surface area contributed by atoms with Gasteiger partial charge in [0.2, 0.25) is 5.91 Å². The highest BCUT2D eigenvalue weighted by molar-refractivity contribution is 5.86. The number of rotatable bonds is 3. The van der Waals surface area contributed by atoms with Crippen molar-refractivity contribution in [1.82, 2.24) is 14.9 Å². The van der Waals surface area contributed by atoms with Crippen LogP contribution >= 0.6 is 0 Å². The second kappa shape index (κ2) is 6.71.